The molecule has 0 bridgehead atoms. The number of esters is 1. The second-order valence-electron chi connectivity index (χ2n) is 6.36. The zero-order valence-corrected chi connectivity index (χ0v) is 15.1. The van der Waals surface area contributed by atoms with E-state index in [4.69, 9.17) is 0 Å². The molecule has 1 N–H and O–H groups in total. The van der Waals surface area contributed by atoms with Crippen molar-refractivity contribution in [3.05, 3.63) is 59.9 Å². The Morgan fingerprint density at radius 3 is 2.19 bits per heavy atom. The minimum Gasteiger partial charge on any atom is -0.465 e. The minimum absolute atomic E-state index is 0.0317. The van der Waals surface area contributed by atoms with E-state index >= 15 is 0 Å². The number of benzene rings is 1. The maximum atomic E-state index is 12.6. The van der Waals surface area contributed by atoms with Crippen LogP contribution in [0.5, 0.6) is 0 Å². The van der Waals surface area contributed by atoms with Crippen molar-refractivity contribution in [2.75, 3.05) is 25.5 Å². The second-order valence-corrected chi connectivity index (χ2v) is 6.36. The number of rotatable bonds is 4. The van der Waals surface area contributed by atoms with E-state index in [-0.39, 0.29) is 17.7 Å². The monoisotopic (exact) mass is 367 g/mol. The number of likely N-dealkylation sites (tertiary alicyclic amines) is 1. The summed E-state index contributed by atoms with van der Waals surface area (Å²) in [5, 5.41) is 2.88. The number of carbonyl (C=O) groups excluding carboxylic acids is 3. The van der Waals surface area contributed by atoms with Crippen molar-refractivity contribution in [2.24, 2.45) is 5.92 Å². The number of methoxy groups -OCH3 is 1. The number of carbonyl (C=O) groups is 3. The third-order valence-electron chi connectivity index (χ3n) is 4.65. The van der Waals surface area contributed by atoms with E-state index in [2.05, 4.69) is 15.0 Å². The molecule has 2 heterocycles. The molecule has 140 valence electrons. The van der Waals surface area contributed by atoms with Gasteiger partial charge in [-0.15, -0.1) is 0 Å². The third kappa shape index (κ3) is 4.49. The van der Waals surface area contributed by atoms with Crippen LogP contribution in [0.2, 0.25) is 0 Å². The van der Waals surface area contributed by atoms with Gasteiger partial charge in [0, 0.05) is 42.7 Å². The van der Waals surface area contributed by atoms with Crippen LogP contribution in [0.3, 0.4) is 0 Å². The average molecular weight is 367 g/mol. The maximum Gasteiger partial charge on any atom is 0.337 e. The first-order chi connectivity index (χ1) is 13.1. The molecule has 1 aromatic carbocycles. The van der Waals surface area contributed by atoms with Gasteiger partial charge < -0.3 is 15.0 Å². The molecule has 2 amide bonds. The number of nitrogens with zero attached hydrogens (tertiary/aromatic N) is 2. The highest BCUT2D eigenvalue weighted by atomic mass is 16.5. The number of pyridine rings is 1. The Morgan fingerprint density at radius 2 is 1.59 bits per heavy atom. The first kappa shape index (κ1) is 18.6. The van der Waals surface area contributed by atoms with Crippen LogP contribution in [0.4, 0.5) is 5.69 Å². The lowest BCUT2D eigenvalue weighted by Crippen LogP contribution is -2.41. The molecule has 0 spiro atoms. The molecule has 1 aliphatic rings. The van der Waals surface area contributed by atoms with Crippen molar-refractivity contribution >= 4 is 23.5 Å². The Balaban J connectivity index is 1.54. The highest BCUT2D eigenvalue weighted by Gasteiger charge is 2.28. The molecular weight excluding hydrogens is 346 g/mol. The molecule has 0 saturated carbocycles. The number of ether oxygens (including phenoxy) is 1. The van der Waals surface area contributed by atoms with E-state index in [1.54, 1.807) is 53.7 Å². The van der Waals surface area contributed by atoms with Crippen LogP contribution in [0.25, 0.3) is 0 Å². The largest absolute Gasteiger partial charge is 0.465 e. The van der Waals surface area contributed by atoms with Crippen LogP contribution in [0, 0.1) is 5.92 Å². The Morgan fingerprint density at radius 1 is 1.00 bits per heavy atom. The van der Waals surface area contributed by atoms with E-state index in [0.29, 0.717) is 37.1 Å². The Bertz CT molecular complexity index is 813. The molecule has 0 atom stereocenters. The van der Waals surface area contributed by atoms with Crippen molar-refractivity contribution in [2.45, 2.75) is 12.8 Å². The van der Waals surface area contributed by atoms with Crippen LogP contribution in [-0.2, 0) is 9.53 Å². The van der Waals surface area contributed by atoms with Crippen LogP contribution in [-0.4, -0.2) is 47.9 Å². The summed E-state index contributed by atoms with van der Waals surface area (Å²) in [5.74, 6) is -0.686. The number of amides is 2. The van der Waals surface area contributed by atoms with E-state index in [9.17, 15) is 14.4 Å². The SMILES string of the molecule is COC(=O)c1ccc(C(=O)N2CCC(C(=O)Nc3ccncc3)CC2)cc1. The first-order valence-corrected chi connectivity index (χ1v) is 8.77. The molecule has 7 heteroatoms. The summed E-state index contributed by atoms with van der Waals surface area (Å²) in [7, 11) is 1.32. The highest BCUT2D eigenvalue weighted by Crippen LogP contribution is 2.21. The lowest BCUT2D eigenvalue weighted by Gasteiger charge is -2.31. The fourth-order valence-electron chi connectivity index (χ4n) is 3.07. The molecule has 7 nitrogen and oxygen atoms in total. The third-order valence-corrected chi connectivity index (χ3v) is 4.65. The predicted octanol–water partition coefficient (Wildman–Crippen LogP) is 2.36. The predicted molar refractivity (Wildman–Crippen MR) is 99.3 cm³/mol. The molecule has 1 saturated heterocycles. The fourth-order valence-corrected chi connectivity index (χ4v) is 3.07. The van der Waals surface area contributed by atoms with Gasteiger partial charge in [0.25, 0.3) is 5.91 Å². The maximum absolute atomic E-state index is 12.6. The summed E-state index contributed by atoms with van der Waals surface area (Å²) in [6.45, 7) is 1.04. The van der Waals surface area contributed by atoms with Crippen molar-refractivity contribution in [3.8, 4) is 0 Å². The molecule has 0 aliphatic carbocycles. The number of nitrogens with one attached hydrogen (secondary N) is 1. The highest BCUT2D eigenvalue weighted by molar-refractivity contribution is 5.97. The molecule has 0 unspecified atom stereocenters. The molecule has 0 radical (unpaired) electrons. The number of anilines is 1. The van der Waals surface area contributed by atoms with Gasteiger partial charge in [-0.2, -0.15) is 0 Å². The fraction of sp³-hybridized carbons (Fsp3) is 0.300. The van der Waals surface area contributed by atoms with E-state index in [0.717, 1.165) is 5.69 Å². The number of piperidine rings is 1. The standard InChI is InChI=1S/C20H21N3O4/c1-27-20(26)16-4-2-15(3-5-16)19(25)23-12-8-14(9-13-23)18(24)22-17-6-10-21-11-7-17/h2-7,10-11,14H,8-9,12-13H2,1H3,(H,21,22,24). The number of hydrogen-bond donors (Lipinski definition) is 1. The van der Waals surface area contributed by atoms with E-state index in [1.807, 2.05) is 0 Å². The minimum atomic E-state index is -0.435. The van der Waals surface area contributed by atoms with E-state index < -0.39 is 5.97 Å². The zero-order chi connectivity index (χ0) is 19.2. The molecule has 1 fully saturated rings. The summed E-state index contributed by atoms with van der Waals surface area (Å²) in [5.41, 5.74) is 1.64. The molecule has 3 rings (SSSR count). The van der Waals surface area contributed by atoms with Crippen LogP contribution >= 0.6 is 0 Å². The Labute approximate surface area is 157 Å². The summed E-state index contributed by atoms with van der Waals surface area (Å²) in [6, 6.07) is 9.89. The molecule has 1 aromatic heterocycles. The molecule has 27 heavy (non-hydrogen) atoms. The number of aromatic nitrogens is 1. The quantitative estimate of drug-likeness (QED) is 0.838. The van der Waals surface area contributed by atoms with Crippen LogP contribution in [0.15, 0.2) is 48.8 Å². The topological polar surface area (TPSA) is 88.6 Å². The smallest absolute Gasteiger partial charge is 0.337 e. The van der Waals surface area contributed by atoms with Crippen molar-refractivity contribution in [1.82, 2.24) is 9.88 Å². The molecule has 2 aromatic rings. The molecular formula is C20H21N3O4. The van der Waals surface area contributed by atoms with Crippen LogP contribution in [0.1, 0.15) is 33.6 Å². The van der Waals surface area contributed by atoms with Gasteiger partial charge in [0.1, 0.15) is 0 Å². The van der Waals surface area contributed by atoms with Crippen LogP contribution < -0.4 is 5.32 Å². The van der Waals surface area contributed by atoms with E-state index in [1.165, 1.54) is 7.11 Å². The van der Waals surface area contributed by atoms with Gasteiger partial charge in [-0.1, -0.05) is 0 Å². The summed E-state index contributed by atoms with van der Waals surface area (Å²) in [6.07, 6.45) is 4.48. The normalized spacial score (nSPS) is 14.5. The van der Waals surface area contributed by atoms with Gasteiger partial charge in [0.05, 0.1) is 12.7 Å². The Kier molecular flexibility index (Phi) is 5.80. The summed E-state index contributed by atoms with van der Waals surface area (Å²) < 4.78 is 4.65. The number of hydrogen-bond acceptors (Lipinski definition) is 5. The second kappa shape index (κ2) is 8.44. The van der Waals surface area contributed by atoms with Crippen molar-refractivity contribution in [3.63, 3.8) is 0 Å². The van der Waals surface area contributed by atoms with Gasteiger partial charge in [0.2, 0.25) is 5.91 Å². The summed E-state index contributed by atoms with van der Waals surface area (Å²) >= 11 is 0. The lowest BCUT2D eigenvalue weighted by atomic mass is 9.95. The average Bonchev–Trinajstić information content (AvgIpc) is 2.73. The Hall–Kier alpha value is -3.22. The van der Waals surface area contributed by atoms with Gasteiger partial charge in [-0.3, -0.25) is 14.6 Å². The first-order valence-electron chi connectivity index (χ1n) is 8.77. The van der Waals surface area contributed by atoms with Crippen molar-refractivity contribution in [1.29, 1.82) is 0 Å². The van der Waals surface area contributed by atoms with Gasteiger partial charge in [-0.25, -0.2) is 4.79 Å². The van der Waals surface area contributed by atoms with Gasteiger partial charge in [-0.05, 0) is 49.2 Å². The van der Waals surface area contributed by atoms with Gasteiger partial charge in [0.15, 0.2) is 0 Å². The summed E-state index contributed by atoms with van der Waals surface area (Å²) in [4.78, 5) is 42.1. The van der Waals surface area contributed by atoms with Crippen molar-refractivity contribution < 1.29 is 19.1 Å². The lowest BCUT2D eigenvalue weighted by molar-refractivity contribution is -0.121. The zero-order valence-electron chi connectivity index (χ0n) is 15.1. The molecule has 1 aliphatic heterocycles. The van der Waals surface area contributed by atoms with Gasteiger partial charge >= 0.3 is 5.97 Å².